The smallest absolute Gasteiger partial charge is 0.164 e. The van der Waals surface area contributed by atoms with Crippen LogP contribution in [0.15, 0.2) is 24.3 Å². The summed E-state index contributed by atoms with van der Waals surface area (Å²) in [4.78, 5) is 38.4. The van der Waals surface area contributed by atoms with Crippen LogP contribution in [0, 0.1) is 11.8 Å². The molecule has 2 aliphatic heterocycles. The Labute approximate surface area is 258 Å². The predicted molar refractivity (Wildman–Crippen MR) is 176 cm³/mol. The second kappa shape index (κ2) is 10.8. The van der Waals surface area contributed by atoms with Crippen LogP contribution in [0.3, 0.4) is 0 Å². The molecule has 0 saturated carbocycles. The fourth-order valence-electron chi connectivity index (χ4n) is 7.30. The first-order valence-electron chi connectivity index (χ1n) is 16.5. The second-order valence-electron chi connectivity index (χ2n) is 13.5. The van der Waals surface area contributed by atoms with Gasteiger partial charge in [0.15, 0.2) is 23.3 Å². The molecule has 4 aromatic rings. The van der Waals surface area contributed by atoms with E-state index in [-0.39, 0.29) is 0 Å². The van der Waals surface area contributed by atoms with Crippen molar-refractivity contribution >= 4 is 33.7 Å². The minimum absolute atomic E-state index is 0.587. The van der Waals surface area contributed by atoms with Gasteiger partial charge in [-0.05, 0) is 76.5 Å². The summed E-state index contributed by atoms with van der Waals surface area (Å²) in [5.41, 5.74) is 12.9. The van der Waals surface area contributed by atoms with E-state index in [9.17, 15) is 0 Å². The summed E-state index contributed by atoms with van der Waals surface area (Å²) in [5.74, 6) is 4.12. The van der Waals surface area contributed by atoms with Crippen molar-refractivity contribution in [3.05, 3.63) is 58.2 Å². The van der Waals surface area contributed by atoms with Crippen LogP contribution in [0.5, 0.6) is 0 Å². The van der Waals surface area contributed by atoms with Gasteiger partial charge in [0.2, 0.25) is 0 Å². The normalized spacial score (nSPS) is 17.8. The van der Waals surface area contributed by atoms with E-state index in [0.717, 1.165) is 109 Å². The highest BCUT2D eigenvalue weighted by molar-refractivity contribution is 5.90. The Morgan fingerprint density at radius 2 is 1.23 bits per heavy atom. The molecule has 0 spiro atoms. The van der Waals surface area contributed by atoms with Gasteiger partial charge < -0.3 is 9.97 Å². The van der Waals surface area contributed by atoms with Crippen molar-refractivity contribution in [2.24, 2.45) is 11.8 Å². The van der Waals surface area contributed by atoms with Gasteiger partial charge in [-0.1, -0.05) is 51.5 Å². The minimum Gasteiger partial charge on any atom is -0.324 e. The van der Waals surface area contributed by atoms with Crippen molar-refractivity contribution in [2.45, 2.75) is 91.9 Å². The summed E-state index contributed by atoms with van der Waals surface area (Å²) in [6.07, 6.45) is 10.6. The van der Waals surface area contributed by atoms with Gasteiger partial charge in [0.1, 0.15) is 22.6 Å². The number of allylic oxidation sites excluding steroid dienone is 2. The highest BCUT2D eigenvalue weighted by atomic mass is 15.1. The first-order chi connectivity index (χ1) is 21.4. The molecule has 1 atom stereocenters. The average molecular weight is 585 g/mol. The average Bonchev–Trinajstić information content (AvgIpc) is 3.64. The van der Waals surface area contributed by atoms with Crippen LogP contribution >= 0.6 is 0 Å². The zero-order valence-corrected chi connectivity index (χ0v) is 26.2. The second-order valence-corrected chi connectivity index (χ2v) is 13.5. The number of fused-ring (bicyclic) bond motifs is 17. The fourth-order valence-corrected chi connectivity index (χ4v) is 7.30. The maximum absolute atomic E-state index is 5.29. The maximum Gasteiger partial charge on any atom is 0.164 e. The van der Waals surface area contributed by atoms with Crippen LogP contribution in [0.4, 0.5) is 0 Å². The summed E-state index contributed by atoms with van der Waals surface area (Å²) >= 11 is 0. The molecule has 1 aromatic carbocycles. The molecule has 8 nitrogen and oxygen atoms in total. The summed E-state index contributed by atoms with van der Waals surface area (Å²) in [5, 5.41) is 0. The Morgan fingerprint density at radius 3 is 1.86 bits per heavy atom. The van der Waals surface area contributed by atoms with Gasteiger partial charge in [0.25, 0.3) is 0 Å². The van der Waals surface area contributed by atoms with Crippen LogP contribution < -0.4 is 0 Å². The molecule has 4 aliphatic rings. The highest BCUT2D eigenvalue weighted by Gasteiger charge is 2.26. The van der Waals surface area contributed by atoms with Crippen molar-refractivity contribution in [1.29, 1.82) is 0 Å². The Hall–Kier alpha value is -4.20. The Balaban J connectivity index is 1.49. The molecule has 8 bridgehead atoms. The third-order valence-corrected chi connectivity index (χ3v) is 9.87. The molecule has 8 rings (SSSR count). The van der Waals surface area contributed by atoms with Crippen LogP contribution in [-0.2, 0) is 25.7 Å². The fraction of sp³-hybridized carbons (Fsp3) is 0.444. The number of H-pyrrole nitrogens is 2. The molecule has 0 amide bonds. The minimum atomic E-state index is 0.587. The molecule has 2 N–H and O–H groups in total. The van der Waals surface area contributed by atoms with Crippen molar-refractivity contribution in [3.8, 4) is 22.8 Å². The maximum atomic E-state index is 5.29. The molecule has 5 heterocycles. The SMILES string of the molecule is CC1=C(CCC(C)C)c2nc1nc1[nH]c(nc3nc(nc4[nH]c(n2)c2c4CC[C@@H](C)C2)-c2ccccc2-3)c2c1CCCCC2. The number of nitrogens with zero attached hydrogens (tertiary/aromatic N) is 6. The van der Waals surface area contributed by atoms with Gasteiger partial charge in [-0.2, -0.15) is 0 Å². The lowest BCUT2D eigenvalue weighted by Gasteiger charge is -2.17. The van der Waals surface area contributed by atoms with E-state index >= 15 is 0 Å². The lowest BCUT2D eigenvalue weighted by Crippen LogP contribution is -2.10. The number of hydrogen-bond acceptors (Lipinski definition) is 6. The topological polar surface area (TPSA) is 109 Å². The molecule has 2 aliphatic carbocycles. The van der Waals surface area contributed by atoms with Gasteiger partial charge in [-0.15, -0.1) is 0 Å². The molecule has 8 heteroatoms. The highest BCUT2D eigenvalue weighted by Crippen LogP contribution is 2.37. The molecule has 224 valence electrons. The van der Waals surface area contributed by atoms with Crippen LogP contribution in [-0.4, -0.2) is 39.9 Å². The molecule has 3 aromatic heterocycles. The standard InChI is InChI=1S/C36H40N8/c1-19(2)14-16-22-21(4)29-37-30(22)39-36-28-18-20(3)15-17-27(28)35(44-36)43-34-26-13-9-8-12-25(26)33(42-34)41-32-24-11-7-5-6-10-23(24)31(38-29)40-32/h8-9,12-13,19-20H,5-7,10-11,14-18H2,1-4H3,(H2,37,38,39,40,41,42,43,44)/t20-/m1/s1. The van der Waals surface area contributed by atoms with E-state index < -0.39 is 0 Å². The van der Waals surface area contributed by atoms with Gasteiger partial charge in [0.05, 0.1) is 0 Å². The lowest BCUT2D eigenvalue weighted by atomic mass is 9.87. The molecule has 0 radical (unpaired) electrons. The molecule has 0 saturated heterocycles. The first-order valence-corrected chi connectivity index (χ1v) is 16.5. The van der Waals surface area contributed by atoms with E-state index in [1.165, 1.54) is 34.2 Å². The van der Waals surface area contributed by atoms with Crippen molar-refractivity contribution < 1.29 is 0 Å². The van der Waals surface area contributed by atoms with Crippen molar-refractivity contribution in [2.75, 3.05) is 0 Å². The lowest BCUT2D eigenvalue weighted by molar-refractivity contribution is 0.506. The zero-order valence-electron chi connectivity index (χ0n) is 26.2. The third kappa shape index (κ3) is 4.66. The van der Waals surface area contributed by atoms with Crippen LogP contribution in [0.25, 0.3) is 56.5 Å². The van der Waals surface area contributed by atoms with E-state index in [1.807, 2.05) is 0 Å². The first kappa shape index (κ1) is 27.4. The van der Waals surface area contributed by atoms with E-state index in [4.69, 9.17) is 29.9 Å². The molecule has 0 unspecified atom stereocenters. The summed E-state index contributed by atoms with van der Waals surface area (Å²) in [6.45, 7) is 9.04. The monoisotopic (exact) mass is 584 g/mol. The molecule has 0 fully saturated rings. The van der Waals surface area contributed by atoms with Crippen molar-refractivity contribution in [3.63, 3.8) is 0 Å². The Bertz CT molecular complexity index is 1990. The number of aromatic nitrogens is 8. The Kier molecular flexibility index (Phi) is 6.69. The van der Waals surface area contributed by atoms with Gasteiger partial charge in [0, 0.05) is 44.5 Å². The predicted octanol–water partition coefficient (Wildman–Crippen LogP) is 7.99. The summed E-state index contributed by atoms with van der Waals surface area (Å²) in [7, 11) is 0. The van der Waals surface area contributed by atoms with E-state index in [1.54, 1.807) is 0 Å². The molecular weight excluding hydrogens is 544 g/mol. The summed E-state index contributed by atoms with van der Waals surface area (Å²) < 4.78 is 0. The Morgan fingerprint density at radius 1 is 0.682 bits per heavy atom. The van der Waals surface area contributed by atoms with Gasteiger partial charge in [-0.3, -0.25) is 0 Å². The van der Waals surface area contributed by atoms with Crippen LogP contribution in [0.1, 0.15) is 100 Å². The largest absolute Gasteiger partial charge is 0.324 e. The molecular formula is C36H40N8. The number of aryl methyl sites for hydroxylation is 3. The number of nitrogens with one attached hydrogen (secondary N) is 2. The van der Waals surface area contributed by atoms with Gasteiger partial charge in [-0.25, -0.2) is 29.9 Å². The quantitative estimate of drug-likeness (QED) is 0.208. The number of hydrogen-bond donors (Lipinski definition) is 2. The number of benzene rings is 1. The summed E-state index contributed by atoms with van der Waals surface area (Å²) in [6, 6.07) is 8.31. The molecule has 44 heavy (non-hydrogen) atoms. The number of aromatic amines is 2. The number of rotatable bonds is 3. The van der Waals surface area contributed by atoms with Crippen LogP contribution in [0.2, 0.25) is 0 Å². The van der Waals surface area contributed by atoms with Crippen molar-refractivity contribution in [1.82, 2.24) is 39.9 Å². The van der Waals surface area contributed by atoms with E-state index in [2.05, 4.69) is 61.9 Å². The third-order valence-electron chi connectivity index (χ3n) is 9.87. The zero-order chi connectivity index (χ0) is 29.9. The van der Waals surface area contributed by atoms with Gasteiger partial charge >= 0.3 is 0 Å². The van der Waals surface area contributed by atoms with E-state index in [0.29, 0.717) is 23.5 Å².